The summed E-state index contributed by atoms with van der Waals surface area (Å²) in [4.78, 5) is 9.97. The van der Waals surface area contributed by atoms with Gasteiger partial charge in [-0.1, -0.05) is 69.8 Å². The van der Waals surface area contributed by atoms with Crippen molar-refractivity contribution in [1.29, 1.82) is 0 Å². The number of unbranched alkanes of at least 4 members (excludes halogenated alkanes) is 12. The number of methoxy groups -OCH3 is 1. The fourth-order valence-corrected chi connectivity index (χ4v) is 4.71. The largest absolute Gasteiger partial charge is 0.472 e. The van der Waals surface area contributed by atoms with Crippen molar-refractivity contribution in [2.45, 2.75) is 109 Å². The highest BCUT2D eigenvalue weighted by atomic mass is 31.2. The third-order valence-electron chi connectivity index (χ3n) is 6.16. The molecule has 0 spiro atoms. The Morgan fingerprint density at radius 2 is 1.24 bits per heavy atom. The van der Waals surface area contributed by atoms with E-state index in [2.05, 4.69) is 31.2 Å². The van der Waals surface area contributed by atoms with Crippen LogP contribution in [-0.2, 0) is 23.1 Å². The van der Waals surface area contributed by atoms with Crippen molar-refractivity contribution in [2.75, 3.05) is 61.2 Å². The molecule has 8 heteroatoms. The number of quaternary nitrogens is 1. The average Bonchev–Trinajstić information content (AvgIpc) is 2.84. The molecule has 0 saturated heterocycles. The van der Waals surface area contributed by atoms with Gasteiger partial charge in [-0.05, 0) is 57.8 Å². The number of ether oxygens (including phenoxy) is 2. The summed E-state index contributed by atoms with van der Waals surface area (Å²) in [6.45, 7) is 3.99. The summed E-state index contributed by atoms with van der Waals surface area (Å²) in [5, 5.41) is 0. The zero-order valence-electron chi connectivity index (χ0n) is 25.4. The predicted octanol–water partition coefficient (Wildman–Crippen LogP) is 7.84. The quantitative estimate of drug-likeness (QED) is 0.0453. The highest BCUT2D eigenvalue weighted by Crippen LogP contribution is 2.44. The first-order chi connectivity index (χ1) is 18.2. The van der Waals surface area contributed by atoms with Gasteiger partial charge < -0.3 is 18.9 Å². The Morgan fingerprint density at radius 1 is 0.737 bits per heavy atom. The zero-order chi connectivity index (χ0) is 28.4. The van der Waals surface area contributed by atoms with E-state index in [0.717, 1.165) is 12.8 Å². The maximum absolute atomic E-state index is 12.2. The van der Waals surface area contributed by atoms with Gasteiger partial charge in [-0.2, -0.15) is 0 Å². The third-order valence-corrected chi connectivity index (χ3v) is 7.24. The van der Waals surface area contributed by atoms with Crippen LogP contribution in [0.5, 0.6) is 0 Å². The Labute approximate surface area is 235 Å². The minimum absolute atomic E-state index is 0.144. The first-order valence-electron chi connectivity index (χ1n) is 15.0. The molecule has 0 fully saturated rings. The van der Waals surface area contributed by atoms with Crippen LogP contribution in [0.1, 0.15) is 103 Å². The maximum Gasteiger partial charge on any atom is 0.472 e. The van der Waals surface area contributed by atoms with Gasteiger partial charge in [0.1, 0.15) is 19.3 Å². The van der Waals surface area contributed by atoms with Crippen LogP contribution < -0.4 is 0 Å². The summed E-state index contributed by atoms with van der Waals surface area (Å²) in [6.07, 6.45) is 27.4. The van der Waals surface area contributed by atoms with E-state index in [-0.39, 0.29) is 19.8 Å². The number of rotatable bonds is 28. The molecule has 0 saturated carbocycles. The number of likely N-dealkylation sites (N-methyl/N-ethyl adjacent to an activating group) is 1. The molecule has 0 aliphatic rings. The van der Waals surface area contributed by atoms with Crippen LogP contribution in [0.3, 0.4) is 0 Å². The lowest BCUT2D eigenvalue weighted by Crippen LogP contribution is -2.37. The number of hydrogen-bond donors (Lipinski definition) is 1. The molecule has 0 radical (unpaired) electrons. The van der Waals surface area contributed by atoms with Crippen LogP contribution >= 0.6 is 7.82 Å². The molecular weight excluding hydrogens is 501 g/mol. The Balaban J connectivity index is 3.63. The van der Waals surface area contributed by atoms with Crippen LogP contribution in [0.4, 0.5) is 0 Å². The monoisotopic (exact) mass is 562 g/mol. The molecule has 226 valence electrons. The van der Waals surface area contributed by atoms with Crippen LogP contribution in [-0.4, -0.2) is 76.7 Å². The van der Waals surface area contributed by atoms with Crippen molar-refractivity contribution >= 4 is 7.82 Å². The fraction of sp³-hybridized carbons (Fsp3) is 0.867. The van der Waals surface area contributed by atoms with E-state index >= 15 is 0 Å². The highest BCUT2D eigenvalue weighted by Gasteiger charge is 2.27. The van der Waals surface area contributed by atoms with Gasteiger partial charge >= 0.3 is 7.82 Å². The number of phosphoric acid groups is 1. The van der Waals surface area contributed by atoms with Crippen molar-refractivity contribution in [2.24, 2.45) is 0 Å². The fourth-order valence-electron chi connectivity index (χ4n) is 3.84. The molecule has 0 aromatic heterocycles. The zero-order valence-corrected chi connectivity index (χ0v) is 26.3. The average molecular weight is 563 g/mol. The SMILES string of the molecule is CCCCCC=CCCCCC=CCCCCCCCCOC[C@H](COC)OP(=O)(O)OCC[N+](C)(C)C. The molecule has 1 N–H and O–H groups in total. The minimum Gasteiger partial charge on any atom is -0.382 e. The molecule has 0 aliphatic carbocycles. The molecule has 2 atom stereocenters. The van der Waals surface area contributed by atoms with E-state index in [1.54, 1.807) is 0 Å². The summed E-state index contributed by atoms with van der Waals surface area (Å²) < 4.78 is 34.0. The summed E-state index contributed by atoms with van der Waals surface area (Å²) in [5.74, 6) is 0. The molecule has 0 aliphatic heterocycles. The molecule has 0 amide bonds. The van der Waals surface area contributed by atoms with Gasteiger partial charge in [0.05, 0.1) is 34.4 Å². The van der Waals surface area contributed by atoms with Gasteiger partial charge in [0.2, 0.25) is 0 Å². The Kier molecular flexibility index (Phi) is 25.1. The Hall–Kier alpha value is -0.530. The summed E-state index contributed by atoms with van der Waals surface area (Å²) in [5.41, 5.74) is 0. The Bertz CT molecular complexity index is 620. The van der Waals surface area contributed by atoms with E-state index in [0.29, 0.717) is 17.6 Å². The second-order valence-corrected chi connectivity index (χ2v) is 12.6. The summed E-state index contributed by atoms with van der Waals surface area (Å²) in [6, 6.07) is 0. The molecule has 0 bridgehead atoms. The maximum atomic E-state index is 12.2. The number of phosphoric ester groups is 1. The van der Waals surface area contributed by atoms with Gasteiger partial charge in [0, 0.05) is 13.7 Å². The van der Waals surface area contributed by atoms with Gasteiger partial charge in [-0.3, -0.25) is 9.05 Å². The molecule has 1 unspecified atom stereocenters. The lowest BCUT2D eigenvalue weighted by Gasteiger charge is -2.25. The molecule has 0 heterocycles. The van der Waals surface area contributed by atoms with Gasteiger partial charge in [0.15, 0.2) is 0 Å². The minimum atomic E-state index is -4.14. The van der Waals surface area contributed by atoms with Crippen molar-refractivity contribution in [1.82, 2.24) is 0 Å². The third kappa shape index (κ3) is 28.5. The van der Waals surface area contributed by atoms with Crippen molar-refractivity contribution in [3.8, 4) is 0 Å². The van der Waals surface area contributed by atoms with Crippen LogP contribution in [0, 0.1) is 0 Å². The van der Waals surface area contributed by atoms with Crippen LogP contribution in [0.2, 0.25) is 0 Å². The lowest BCUT2D eigenvalue weighted by molar-refractivity contribution is -0.870. The van der Waals surface area contributed by atoms with Crippen molar-refractivity contribution < 1.29 is 32.5 Å². The second-order valence-electron chi connectivity index (χ2n) is 11.2. The summed E-state index contributed by atoms with van der Waals surface area (Å²) in [7, 11) is 3.36. The van der Waals surface area contributed by atoms with Crippen LogP contribution in [0.25, 0.3) is 0 Å². The molecule has 0 rings (SSSR count). The molecule has 38 heavy (non-hydrogen) atoms. The summed E-state index contributed by atoms with van der Waals surface area (Å²) >= 11 is 0. The molecule has 7 nitrogen and oxygen atoms in total. The normalized spacial score (nSPS) is 15.0. The van der Waals surface area contributed by atoms with Gasteiger partial charge in [-0.25, -0.2) is 4.57 Å². The molecule has 0 aromatic carbocycles. The van der Waals surface area contributed by atoms with E-state index in [9.17, 15) is 9.46 Å². The topological polar surface area (TPSA) is 74.2 Å². The van der Waals surface area contributed by atoms with Crippen molar-refractivity contribution in [3.63, 3.8) is 0 Å². The standard InChI is InChI=1S/C30H60NO6P/c1-6-7-8-9-10-11-12-13-14-15-16-17-18-19-20-21-22-23-24-26-35-29-30(28-34-5)37-38(32,33)36-27-25-31(2,3)4/h10-11,16-17,30H,6-9,12-15,18-29H2,1-5H3/p+1/t30-/m0/s1. The van der Waals surface area contributed by atoms with Gasteiger partial charge in [-0.15, -0.1) is 0 Å². The van der Waals surface area contributed by atoms with E-state index in [4.69, 9.17) is 18.5 Å². The lowest BCUT2D eigenvalue weighted by atomic mass is 10.1. The molecule has 0 aromatic rings. The number of nitrogens with zero attached hydrogens (tertiary/aromatic N) is 1. The van der Waals surface area contributed by atoms with E-state index in [1.165, 1.54) is 90.6 Å². The highest BCUT2D eigenvalue weighted by molar-refractivity contribution is 7.47. The number of hydrogen-bond acceptors (Lipinski definition) is 5. The first-order valence-corrected chi connectivity index (χ1v) is 16.5. The van der Waals surface area contributed by atoms with Crippen LogP contribution in [0.15, 0.2) is 24.3 Å². The van der Waals surface area contributed by atoms with E-state index in [1.807, 2.05) is 21.1 Å². The molecular formula is C30H61NO6P+. The number of allylic oxidation sites excluding steroid dienone is 4. The van der Waals surface area contributed by atoms with Crippen molar-refractivity contribution in [3.05, 3.63) is 24.3 Å². The second kappa shape index (κ2) is 25.4. The van der Waals surface area contributed by atoms with E-state index < -0.39 is 13.9 Å². The first kappa shape index (κ1) is 37.5. The predicted molar refractivity (Wildman–Crippen MR) is 159 cm³/mol. The Morgan fingerprint density at radius 3 is 1.76 bits per heavy atom. The smallest absolute Gasteiger partial charge is 0.382 e. The van der Waals surface area contributed by atoms with Gasteiger partial charge in [0.25, 0.3) is 0 Å².